The number of rotatable bonds is 2. The van der Waals surface area contributed by atoms with E-state index in [0.29, 0.717) is 0 Å². The third kappa shape index (κ3) is 3.45. The van der Waals surface area contributed by atoms with Crippen molar-refractivity contribution in [2.24, 2.45) is 0 Å². The number of hydrogen-bond acceptors (Lipinski definition) is 2. The van der Waals surface area contributed by atoms with Crippen LogP contribution in [-0.2, 0) is 0 Å². The second kappa shape index (κ2) is 3.78. The minimum Gasteiger partial charge on any atom is -0.462 e. The molecule has 0 bridgehead atoms. The van der Waals surface area contributed by atoms with Crippen LogP contribution in [0, 0.1) is 0 Å². The van der Waals surface area contributed by atoms with Crippen molar-refractivity contribution in [3.8, 4) is 0 Å². The number of thiocarbonyl (C=S) groups is 1. The highest BCUT2D eigenvalue weighted by molar-refractivity contribution is 7.80. The van der Waals surface area contributed by atoms with Gasteiger partial charge in [-0.2, -0.15) is 13.2 Å². The summed E-state index contributed by atoms with van der Waals surface area (Å²) in [5, 5.41) is 2.04. The van der Waals surface area contributed by atoms with Crippen LogP contribution in [0.3, 0.4) is 0 Å². The second-order valence-electron chi connectivity index (χ2n) is 2.28. The van der Waals surface area contributed by atoms with Gasteiger partial charge in [-0.15, -0.1) is 0 Å². The van der Waals surface area contributed by atoms with Crippen molar-refractivity contribution in [2.45, 2.75) is 6.18 Å². The van der Waals surface area contributed by atoms with Crippen LogP contribution in [0.1, 0.15) is 5.76 Å². The van der Waals surface area contributed by atoms with Crippen LogP contribution in [0.5, 0.6) is 0 Å². The van der Waals surface area contributed by atoms with Crippen molar-refractivity contribution in [3.05, 3.63) is 24.2 Å². The predicted octanol–water partition coefficient (Wildman–Crippen LogP) is 2.11. The van der Waals surface area contributed by atoms with E-state index < -0.39 is 12.7 Å². The minimum atomic E-state index is -4.27. The van der Waals surface area contributed by atoms with Gasteiger partial charge in [0, 0.05) is 0 Å². The van der Waals surface area contributed by atoms with Gasteiger partial charge in [0.15, 0.2) is 5.76 Å². The fourth-order valence-electron chi connectivity index (χ4n) is 0.675. The molecule has 0 saturated heterocycles. The number of hydrogen-bond donors (Lipinski definition) is 1. The molecule has 0 spiro atoms. The largest absolute Gasteiger partial charge is 0.462 e. The van der Waals surface area contributed by atoms with E-state index in [1.165, 1.54) is 12.3 Å². The lowest BCUT2D eigenvalue weighted by molar-refractivity contribution is -0.121. The van der Waals surface area contributed by atoms with E-state index in [1.54, 1.807) is 6.07 Å². The van der Waals surface area contributed by atoms with Crippen molar-refractivity contribution in [1.29, 1.82) is 0 Å². The average molecular weight is 209 g/mol. The first-order valence-electron chi connectivity index (χ1n) is 3.37. The van der Waals surface area contributed by atoms with Crippen LogP contribution < -0.4 is 5.32 Å². The van der Waals surface area contributed by atoms with E-state index >= 15 is 0 Å². The third-order valence-corrected chi connectivity index (χ3v) is 1.54. The molecule has 0 saturated carbocycles. The fraction of sp³-hybridized carbons (Fsp3) is 0.286. The summed E-state index contributed by atoms with van der Waals surface area (Å²) in [5.41, 5.74) is 0. The highest BCUT2D eigenvalue weighted by Crippen LogP contribution is 2.12. The van der Waals surface area contributed by atoms with Crippen molar-refractivity contribution in [3.63, 3.8) is 0 Å². The second-order valence-corrected chi connectivity index (χ2v) is 2.68. The SMILES string of the molecule is FC(F)(F)CNC(=S)c1ccco1. The number of halogens is 3. The summed E-state index contributed by atoms with van der Waals surface area (Å²) in [6, 6.07) is 3.04. The molecule has 0 radical (unpaired) electrons. The van der Waals surface area contributed by atoms with Crippen molar-refractivity contribution in [2.75, 3.05) is 6.54 Å². The Kier molecular flexibility index (Phi) is 2.92. The van der Waals surface area contributed by atoms with Crippen LogP contribution in [0.4, 0.5) is 13.2 Å². The third-order valence-electron chi connectivity index (χ3n) is 1.19. The zero-order valence-electron chi connectivity index (χ0n) is 6.39. The monoisotopic (exact) mass is 209 g/mol. The molecule has 13 heavy (non-hydrogen) atoms. The summed E-state index contributed by atoms with van der Waals surface area (Å²) < 4.78 is 39.9. The Bertz CT molecular complexity index is 280. The van der Waals surface area contributed by atoms with E-state index in [-0.39, 0.29) is 10.7 Å². The number of furan rings is 1. The Balaban J connectivity index is 2.44. The maximum absolute atomic E-state index is 11.7. The Morgan fingerprint density at radius 3 is 2.69 bits per heavy atom. The fourth-order valence-corrected chi connectivity index (χ4v) is 0.864. The number of nitrogens with one attached hydrogen (secondary N) is 1. The molecule has 0 aliphatic carbocycles. The van der Waals surface area contributed by atoms with Crippen LogP contribution >= 0.6 is 12.2 Å². The molecule has 0 aliphatic rings. The van der Waals surface area contributed by atoms with Crippen LogP contribution in [0.25, 0.3) is 0 Å². The quantitative estimate of drug-likeness (QED) is 0.755. The minimum absolute atomic E-state index is 0.0395. The van der Waals surface area contributed by atoms with E-state index in [0.717, 1.165) is 0 Å². The molecule has 72 valence electrons. The molecular formula is C7H6F3NOS. The van der Waals surface area contributed by atoms with E-state index in [9.17, 15) is 13.2 Å². The predicted molar refractivity (Wildman–Crippen MR) is 44.5 cm³/mol. The Labute approximate surface area is 77.7 Å². The first-order chi connectivity index (χ1) is 5.99. The highest BCUT2D eigenvalue weighted by atomic mass is 32.1. The summed E-state index contributed by atoms with van der Waals surface area (Å²) in [4.78, 5) is -0.0395. The summed E-state index contributed by atoms with van der Waals surface area (Å²) in [6.45, 7) is -1.15. The molecule has 0 unspecified atom stereocenters. The van der Waals surface area contributed by atoms with Gasteiger partial charge in [-0.3, -0.25) is 0 Å². The molecular weight excluding hydrogens is 203 g/mol. The lowest BCUT2D eigenvalue weighted by Crippen LogP contribution is -2.32. The van der Waals surface area contributed by atoms with Gasteiger partial charge in [0.25, 0.3) is 0 Å². The standard InChI is InChI=1S/C7H6F3NOS/c8-7(9,10)4-11-6(13)5-2-1-3-12-5/h1-3H,4H2,(H,11,13). The van der Waals surface area contributed by atoms with Crippen molar-refractivity contribution >= 4 is 17.2 Å². The molecule has 0 aromatic carbocycles. The highest BCUT2D eigenvalue weighted by Gasteiger charge is 2.27. The van der Waals surface area contributed by atoms with Gasteiger partial charge in [-0.05, 0) is 12.1 Å². The summed E-state index contributed by atoms with van der Waals surface area (Å²) in [7, 11) is 0. The Hall–Kier alpha value is -1.04. The summed E-state index contributed by atoms with van der Waals surface area (Å²) in [6.07, 6.45) is -2.92. The van der Waals surface area contributed by atoms with Crippen LogP contribution in [-0.4, -0.2) is 17.7 Å². The van der Waals surface area contributed by atoms with Crippen LogP contribution in [0.2, 0.25) is 0 Å². The lowest BCUT2D eigenvalue weighted by Gasteiger charge is -2.08. The van der Waals surface area contributed by atoms with E-state index in [1.807, 2.05) is 5.32 Å². The summed E-state index contributed by atoms with van der Waals surface area (Å²) in [5.74, 6) is 0.235. The average Bonchev–Trinajstić information content (AvgIpc) is 2.50. The van der Waals surface area contributed by atoms with E-state index in [2.05, 4.69) is 12.2 Å². The first-order valence-corrected chi connectivity index (χ1v) is 3.78. The number of alkyl halides is 3. The zero-order valence-corrected chi connectivity index (χ0v) is 7.21. The van der Waals surface area contributed by atoms with Crippen LogP contribution in [0.15, 0.2) is 22.8 Å². The normalized spacial score (nSPS) is 11.3. The molecule has 0 fully saturated rings. The Morgan fingerprint density at radius 1 is 1.54 bits per heavy atom. The molecule has 0 aliphatic heterocycles. The van der Waals surface area contributed by atoms with Gasteiger partial charge in [-0.1, -0.05) is 12.2 Å². The molecule has 1 N–H and O–H groups in total. The topological polar surface area (TPSA) is 25.2 Å². The molecule has 6 heteroatoms. The van der Waals surface area contributed by atoms with Gasteiger partial charge >= 0.3 is 6.18 Å². The molecule has 1 rings (SSSR count). The van der Waals surface area contributed by atoms with Gasteiger partial charge < -0.3 is 9.73 Å². The van der Waals surface area contributed by atoms with E-state index in [4.69, 9.17) is 4.42 Å². The van der Waals surface area contributed by atoms with Gasteiger partial charge in [0.05, 0.1) is 6.26 Å². The molecule has 0 atom stereocenters. The molecule has 1 heterocycles. The first kappa shape index (κ1) is 10.0. The molecule has 1 aromatic rings. The van der Waals surface area contributed by atoms with Gasteiger partial charge in [-0.25, -0.2) is 0 Å². The zero-order chi connectivity index (χ0) is 9.90. The van der Waals surface area contributed by atoms with Crippen molar-refractivity contribution < 1.29 is 17.6 Å². The van der Waals surface area contributed by atoms with Gasteiger partial charge in [0.1, 0.15) is 11.5 Å². The van der Waals surface area contributed by atoms with Crippen molar-refractivity contribution in [1.82, 2.24) is 5.32 Å². The summed E-state index contributed by atoms with van der Waals surface area (Å²) >= 11 is 4.64. The lowest BCUT2D eigenvalue weighted by atomic mass is 10.4. The smallest absolute Gasteiger partial charge is 0.405 e. The maximum Gasteiger partial charge on any atom is 0.405 e. The maximum atomic E-state index is 11.7. The Morgan fingerprint density at radius 2 is 2.23 bits per heavy atom. The molecule has 2 nitrogen and oxygen atoms in total. The molecule has 1 aromatic heterocycles. The molecule has 0 amide bonds. The van der Waals surface area contributed by atoms with Gasteiger partial charge in [0.2, 0.25) is 0 Å².